The number of rotatable bonds is 3. The lowest BCUT2D eigenvalue weighted by molar-refractivity contribution is -0.137. The Morgan fingerprint density at radius 3 is 2.63 bits per heavy atom. The van der Waals surface area contributed by atoms with Crippen molar-refractivity contribution in [2.24, 2.45) is 5.73 Å². The Kier molecular flexibility index (Phi) is 3.61. The molecule has 0 spiro atoms. The molecule has 6 heteroatoms. The lowest BCUT2D eigenvalue weighted by Crippen LogP contribution is -2.18. The Bertz CT molecular complexity index is 558. The van der Waals surface area contributed by atoms with Gasteiger partial charge in [-0.3, -0.25) is 5.10 Å². The fourth-order valence-corrected chi connectivity index (χ4v) is 1.99. The van der Waals surface area contributed by atoms with Crippen LogP contribution in [0.1, 0.15) is 18.1 Å². The zero-order valence-corrected chi connectivity index (χ0v) is 10.3. The zero-order chi connectivity index (χ0) is 14.0. The molecule has 19 heavy (non-hydrogen) atoms. The van der Waals surface area contributed by atoms with Crippen LogP contribution in [0.2, 0.25) is 0 Å². The van der Waals surface area contributed by atoms with Gasteiger partial charge in [-0.1, -0.05) is 18.2 Å². The van der Waals surface area contributed by atoms with Gasteiger partial charge in [-0.05, 0) is 25.0 Å². The first-order valence-corrected chi connectivity index (χ1v) is 5.84. The Morgan fingerprint density at radius 1 is 1.32 bits per heavy atom. The normalized spacial score (nSPS) is 13.5. The summed E-state index contributed by atoms with van der Waals surface area (Å²) in [4.78, 5) is 0. The number of aromatic nitrogens is 2. The standard InChI is InChI=1S/C13H14F3N3/c1-8(17)6-9-7-18-19-12(9)10-4-2-3-5-11(10)13(14,15)16/h2-5,7-8H,6,17H2,1H3,(H,18,19). The molecule has 1 heterocycles. The highest BCUT2D eigenvalue weighted by atomic mass is 19.4. The summed E-state index contributed by atoms with van der Waals surface area (Å²) < 4.78 is 38.9. The number of aromatic amines is 1. The minimum Gasteiger partial charge on any atom is -0.328 e. The van der Waals surface area contributed by atoms with Crippen LogP contribution < -0.4 is 5.73 Å². The molecular weight excluding hydrogens is 255 g/mol. The van der Waals surface area contributed by atoms with Gasteiger partial charge in [-0.25, -0.2) is 0 Å². The van der Waals surface area contributed by atoms with Crippen molar-refractivity contribution in [3.8, 4) is 11.3 Å². The van der Waals surface area contributed by atoms with E-state index in [0.717, 1.165) is 6.07 Å². The minimum absolute atomic E-state index is 0.100. The number of H-pyrrole nitrogens is 1. The van der Waals surface area contributed by atoms with Crippen LogP contribution in [0.15, 0.2) is 30.5 Å². The second-order valence-electron chi connectivity index (χ2n) is 4.49. The second-order valence-corrected chi connectivity index (χ2v) is 4.49. The molecule has 2 rings (SSSR count). The third kappa shape index (κ3) is 2.96. The van der Waals surface area contributed by atoms with Gasteiger partial charge >= 0.3 is 6.18 Å². The topological polar surface area (TPSA) is 54.7 Å². The molecule has 0 bridgehead atoms. The first-order valence-electron chi connectivity index (χ1n) is 5.84. The number of nitrogens with one attached hydrogen (secondary N) is 1. The fourth-order valence-electron chi connectivity index (χ4n) is 1.99. The second kappa shape index (κ2) is 5.05. The van der Waals surface area contributed by atoms with Crippen LogP contribution in [0.5, 0.6) is 0 Å². The van der Waals surface area contributed by atoms with Crippen LogP contribution in [0.4, 0.5) is 13.2 Å². The van der Waals surface area contributed by atoms with E-state index in [1.54, 1.807) is 13.0 Å². The molecular formula is C13H14F3N3. The van der Waals surface area contributed by atoms with Gasteiger partial charge in [0.1, 0.15) is 0 Å². The molecule has 0 aliphatic heterocycles. The molecule has 0 amide bonds. The number of hydrogen-bond acceptors (Lipinski definition) is 2. The van der Waals surface area contributed by atoms with Gasteiger partial charge in [0.25, 0.3) is 0 Å². The van der Waals surface area contributed by atoms with Crippen molar-refractivity contribution in [3.63, 3.8) is 0 Å². The van der Waals surface area contributed by atoms with Crippen LogP contribution in [0, 0.1) is 0 Å². The average Bonchev–Trinajstić information content (AvgIpc) is 2.75. The van der Waals surface area contributed by atoms with Crippen molar-refractivity contribution in [1.29, 1.82) is 0 Å². The van der Waals surface area contributed by atoms with Crippen LogP contribution in [-0.2, 0) is 12.6 Å². The van der Waals surface area contributed by atoms with E-state index in [1.165, 1.54) is 18.3 Å². The Labute approximate surface area is 108 Å². The van der Waals surface area contributed by atoms with Crippen molar-refractivity contribution < 1.29 is 13.2 Å². The molecule has 0 radical (unpaired) electrons. The predicted octanol–water partition coefficient (Wildman–Crippen LogP) is 2.99. The maximum Gasteiger partial charge on any atom is 0.417 e. The summed E-state index contributed by atoms with van der Waals surface area (Å²) in [6.07, 6.45) is -2.41. The molecule has 1 aromatic carbocycles. The average molecular weight is 269 g/mol. The number of nitrogens with two attached hydrogens (primary N) is 1. The molecule has 0 saturated heterocycles. The molecule has 1 atom stereocenters. The van der Waals surface area contributed by atoms with Crippen molar-refractivity contribution in [3.05, 3.63) is 41.6 Å². The fraction of sp³-hybridized carbons (Fsp3) is 0.308. The first kappa shape index (κ1) is 13.6. The van der Waals surface area contributed by atoms with Gasteiger partial charge in [0.15, 0.2) is 0 Å². The highest BCUT2D eigenvalue weighted by molar-refractivity contribution is 5.67. The number of nitrogens with zero attached hydrogens (tertiary/aromatic N) is 1. The summed E-state index contributed by atoms with van der Waals surface area (Å²) in [5.41, 5.74) is 6.18. The summed E-state index contributed by atoms with van der Waals surface area (Å²) in [6, 6.07) is 5.29. The van der Waals surface area contributed by atoms with Crippen molar-refractivity contribution in [2.45, 2.75) is 25.6 Å². The van der Waals surface area contributed by atoms with Gasteiger partial charge in [0.05, 0.1) is 17.5 Å². The van der Waals surface area contributed by atoms with Crippen LogP contribution in [-0.4, -0.2) is 16.2 Å². The summed E-state index contributed by atoms with van der Waals surface area (Å²) in [6.45, 7) is 1.80. The quantitative estimate of drug-likeness (QED) is 0.900. The highest BCUT2D eigenvalue weighted by Crippen LogP contribution is 2.37. The Balaban J connectivity index is 2.51. The van der Waals surface area contributed by atoms with E-state index >= 15 is 0 Å². The maximum atomic E-state index is 13.0. The van der Waals surface area contributed by atoms with Crippen LogP contribution in [0.25, 0.3) is 11.3 Å². The van der Waals surface area contributed by atoms with Gasteiger partial charge in [0, 0.05) is 11.6 Å². The minimum atomic E-state index is -4.40. The van der Waals surface area contributed by atoms with Crippen LogP contribution in [0.3, 0.4) is 0 Å². The molecule has 1 unspecified atom stereocenters. The summed E-state index contributed by atoms with van der Waals surface area (Å²) in [7, 11) is 0. The lowest BCUT2D eigenvalue weighted by atomic mass is 9.99. The first-order chi connectivity index (χ1) is 8.89. The lowest BCUT2D eigenvalue weighted by Gasteiger charge is -2.13. The largest absolute Gasteiger partial charge is 0.417 e. The van der Waals surface area contributed by atoms with Gasteiger partial charge in [0.2, 0.25) is 0 Å². The number of benzene rings is 1. The van der Waals surface area contributed by atoms with Gasteiger partial charge < -0.3 is 5.73 Å². The van der Waals surface area contributed by atoms with E-state index in [2.05, 4.69) is 10.2 Å². The van der Waals surface area contributed by atoms with E-state index in [-0.39, 0.29) is 11.6 Å². The van der Waals surface area contributed by atoms with Crippen molar-refractivity contribution in [1.82, 2.24) is 10.2 Å². The zero-order valence-electron chi connectivity index (χ0n) is 10.3. The molecule has 2 aromatic rings. The number of alkyl halides is 3. The summed E-state index contributed by atoms with van der Waals surface area (Å²) >= 11 is 0. The molecule has 0 saturated carbocycles. The Morgan fingerprint density at radius 2 is 2.00 bits per heavy atom. The number of halogens is 3. The SMILES string of the molecule is CC(N)Cc1cn[nH]c1-c1ccccc1C(F)(F)F. The molecule has 1 aromatic heterocycles. The van der Waals surface area contributed by atoms with Crippen molar-refractivity contribution >= 4 is 0 Å². The van der Waals surface area contributed by atoms with Gasteiger partial charge in [-0.2, -0.15) is 18.3 Å². The third-order valence-electron chi connectivity index (χ3n) is 2.76. The maximum absolute atomic E-state index is 13.0. The third-order valence-corrected chi connectivity index (χ3v) is 2.76. The van der Waals surface area contributed by atoms with E-state index in [4.69, 9.17) is 5.73 Å². The van der Waals surface area contributed by atoms with E-state index in [9.17, 15) is 13.2 Å². The van der Waals surface area contributed by atoms with E-state index < -0.39 is 11.7 Å². The predicted molar refractivity (Wildman–Crippen MR) is 66.4 cm³/mol. The van der Waals surface area contributed by atoms with Crippen LogP contribution >= 0.6 is 0 Å². The van der Waals surface area contributed by atoms with E-state index in [1.807, 2.05) is 0 Å². The molecule has 0 aliphatic rings. The van der Waals surface area contributed by atoms with Gasteiger partial charge in [-0.15, -0.1) is 0 Å². The van der Waals surface area contributed by atoms with E-state index in [0.29, 0.717) is 17.7 Å². The summed E-state index contributed by atoms with van der Waals surface area (Å²) in [5.74, 6) is 0. The molecule has 102 valence electrons. The molecule has 0 aliphatic carbocycles. The summed E-state index contributed by atoms with van der Waals surface area (Å²) in [5, 5.41) is 6.46. The molecule has 3 nitrogen and oxygen atoms in total. The highest BCUT2D eigenvalue weighted by Gasteiger charge is 2.34. The number of hydrogen-bond donors (Lipinski definition) is 2. The molecule has 0 fully saturated rings. The molecule has 3 N–H and O–H groups in total. The Hall–Kier alpha value is -1.82. The monoisotopic (exact) mass is 269 g/mol. The van der Waals surface area contributed by atoms with Crippen molar-refractivity contribution in [2.75, 3.05) is 0 Å². The smallest absolute Gasteiger partial charge is 0.328 e.